The molecule has 25 heavy (non-hydrogen) atoms. The van der Waals surface area contributed by atoms with Gasteiger partial charge in [0.15, 0.2) is 0 Å². The number of ketones is 1. The van der Waals surface area contributed by atoms with E-state index in [1.54, 1.807) is 6.07 Å². The van der Waals surface area contributed by atoms with Gasteiger partial charge in [0.25, 0.3) is 0 Å². The van der Waals surface area contributed by atoms with Crippen LogP contribution in [-0.4, -0.2) is 22.8 Å². The highest BCUT2D eigenvalue weighted by Crippen LogP contribution is 2.40. The summed E-state index contributed by atoms with van der Waals surface area (Å²) < 4.78 is 13.3. The summed E-state index contributed by atoms with van der Waals surface area (Å²) in [5, 5.41) is 0. The first-order valence-electron chi connectivity index (χ1n) is 9.26. The largest absolute Gasteiger partial charge is 0.299 e. The van der Waals surface area contributed by atoms with E-state index in [0.717, 1.165) is 24.9 Å². The van der Waals surface area contributed by atoms with E-state index in [1.807, 2.05) is 6.07 Å². The van der Waals surface area contributed by atoms with Crippen LogP contribution < -0.4 is 0 Å². The number of halogens is 1. The third-order valence-corrected chi connectivity index (χ3v) is 5.82. The van der Waals surface area contributed by atoms with E-state index in [4.69, 9.17) is 0 Å². The maximum atomic E-state index is 13.3. The molecule has 2 atom stereocenters. The van der Waals surface area contributed by atoms with Gasteiger partial charge in [0.05, 0.1) is 0 Å². The van der Waals surface area contributed by atoms with Crippen molar-refractivity contribution in [1.29, 1.82) is 0 Å². The Kier molecular flexibility index (Phi) is 4.67. The van der Waals surface area contributed by atoms with E-state index in [9.17, 15) is 9.18 Å². The molecule has 0 saturated carbocycles. The second-order valence-electron chi connectivity index (χ2n) is 7.48. The molecule has 130 valence electrons. The monoisotopic (exact) mass is 337 g/mol. The molecule has 2 nitrogen and oxygen atoms in total. The zero-order chi connectivity index (χ0) is 17.2. The first-order valence-corrected chi connectivity index (χ1v) is 9.26. The van der Waals surface area contributed by atoms with E-state index >= 15 is 0 Å². The summed E-state index contributed by atoms with van der Waals surface area (Å²) >= 11 is 0. The summed E-state index contributed by atoms with van der Waals surface area (Å²) in [4.78, 5) is 15.3. The van der Waals surface area contributed by atoms with Crippen molar-refractivity contribution in [1.82, 2.24) is 4.90 Å². The maximum absolute atomic E-state index is 13.3. The van der Waals surface area contributed by atoms with Gasteiger partial charge in [-0.2, -0.15) is 0 Å². The molecule has 2 bridgehead atoms. The lowest BCUT2D eigenvalue weighted by atomic mass is 9.85. The van der Waals surface area contributed by atoms with Crippen LogP contribution in [0.5, 0.6) is 0 Å². The summed E-state index contributed by atoms with van der Waals surface area (Å²) in [5.41, 5.74) is 2.15. The molecule has 0 aliphatic carbocycles. The first kappa shape index (κ1) is 16.5. The number of carbonyl (C=O) groups is 1. The molecular formula is C22H24FNO. The van der Waals surface area contributed by atoms with Crippen LogP contribution in [0.15, 0.2) is 54.6 Å². The number of benzene rings is 2. The van der Waals surface area contributed by atoms with Gasteiger partial charge in [-0.3, -0.25) is 9.69 Å². The number of carbonyl (C=O) groups excluding carboxylic acids is 1. The minimum atomic E-state index is -0.261. The van der Waals surface area contributed by atoms with Crippen LogP contribution >= 0.6 is 0 Å². The lowest BCUT2D eigenvalue weighted by Gasteiger charge is -2.38. The van der Waals surface area contributed by atoms with Gasteiger partial charge in [0.2, 0.25) is 0 Å². The normalized spacial score (nSPS) is 25.9. The Balaban J connectivity index is 1.40. The van der Waals surface area contributed by atoms with Crippen LogP contribution in [0.2, 0.25) is 0 Å². The number of nitrogens with zero attached hydrogens (tertiary/aromatic N) is 1. The number of hydrogen-bond donors (Lipinski definition) is 0. The molecule has 2 aromatic carbocycles. The molecule has 2 saturated heterocycles. The number of piperidine rings is 1. The molecule has 0 aromatic heterocycles. The summed E-state index contributed by atoms with van der Waals surface area (Å²) in [6.45, 7) is 0.987. The fourth-order valence-corrected chi connectivity index (χ4v) is 4.58. The van der Waals surface area contributed by atoms with Crippen molar-refractivity contribution in [3.05, 3.63) is 71.5 Å². The topological polar surface area (TPSA) is 20.3 Å². The highest BCUT2D eigenvalue weighted by atomic mass is 19.1. The maximum Gasteiger partial charge on any atom is 0.140 e. The number of fused-ring (bicyclic) bond motifs is 2. The van der Waals surface area contributed by atoms with Gasteiger partial charge < -0.3 is 0 Å². The van der Waals surface area contributed by atoms with Crippen LogP contribution in [0.25, 0.3) is 0 Å². The minimum Gasteiger partial charge on any atom is -0.299 e. The van der Waals surface area contributed by atoms with E-state index in [-0.39, 0.29) is 17.5 Å². The van der Waals surface area contributed by atoms with Crippen molar-refractivity contribution < 1.29 is 9.18 Å². The molecule has 0 N–H and O–H groups in total. The lowest BCUT2D eigenvalue weighted by Crippen LogP contribution is -2.44. The summed E-state index contributed by atoms with van der Waals surface area (Å²) in [6, 6.07) is 18.1. The van der Waals surface area contributed by atoms with Gasteiger partial charge in [-0.05, 0) is 48.9 Å². The summed E-state index contributed by atoms with van der Waals surface area (Å²) in [6.07, 6.45) is 4.66. The molecule has 0 amide bonds. The molecular weight excluding hydrogens is 313 g/mol. The second kappa shape index (κ2) is 7.09. The third-order valence-electron chi connectivity index (χ3n) is 5.82. The van der Waals surface area contributed by atoms with E-state index in [0.29, 0.717) is 18.5 Å². The van der Waals surface area contributed by atoms with Crippen LogP contribution in [0.1, 0.15) is 36.8 Å². The third kappa shape index (κ3) is 3.67. The van der Waals surface area contributed by atoms with Gasteiger partial charge in [-0.25, -0.2) is 4.39 Å². The molecule has 2 aromatic rings. The van der Waals surface area contributed by atoms with E-state index in [1.165, 1.54) is 30.5 Å². The molecule has 2 aliphatic rings. The van der Waals surface area contributed by atoms with E-state index in [2.05, 4.69) is 35.2 Å². The lowest BCUT2D eigenvalue weighted by molar-refractivity contribution is -0.124. The smallest absolute Gasteiger partial charge is 0.140 e. The van der Waals surface area contributed by atoms with Crippen molar-refractivity contribution >= 4 is 5.78 Å². The van der Waals surface area contributed by atoms with Gasteiger partial charge in [0.1, 0.15) is 11.6 Å². The molecule has 0 radical (unpaired) electrons. The van der Waals surface area contributed by atoms with Crippen LogP contribution in [0, 0.1) is 11.7 Å². The summed E-state index contributed by atoms with van der Waals surface area (Å²) in [7, 11) is 0. The Morgan fingerprint density at radius 2 is 1.64 bits per heavy atom. The molecule has 3 heteroatoms. The first-order chi connectivity index (χ1) is 12.2. The van der Waals surface area contributed by atoms with Gasteiger partial charge in [0, 0.05) is 31.0 Å². The Bertz CT molecular complexity index is 731. The molecule has 0 spiro atoms. The molecule has 2 aliphatic heterocycles. The van der Waals surface area contributed by atoms with Crippen molar-refractivity contribution in [3.63, 3.8) is 0 Å². The Hall–Kier alpha value is -2.00. The quantitative estimate of drug-likeness (QED) is 0.807. The van der Waals surface area contributed by atoms with Crippen molar-refractivity contribution in [2.45, 2.75) is 50.7 Å². The standard InChI is InChI=1S/C22H24FNO/c23-19-8-4-7-17(11-19)12-22(25)18-13-20-9-10-21(14-18)24(20)15-16-5-2-1-3-6-16/h1-8,11,18,20-21H,9-10,12-15H2. The summed E-state index contributed by atoms with van der Waals surface area (Å²) in [5.74, 6) is 0.151. The van der Waals surface area contributed by atoms with Crippen LogP contribution in [-0.2, 0) is 17.8 Å². The molecule has 4 rings (SSSR count). The number of hydrogen-bond acceptors (Lipinski definition) is 2. The molecule has 2 fully saturated rings. The number of rotatable bonds is 5. The highest BCUT2D eigenvalue weighted by Gasteiger charge is 2.42. The SMILES string of the molecule is O=C(Cc1cccc(F)c1)C1CC2CCC(C1)N2Cc1ccccc1. The van der Waals surface area contributed by atoms with Crippen molar-refractivity contribution in [3.8, 4) is 0 Å². The zero-order valence-corrected chi connectivity index (χ0v) is 14.4. The highest BCUT2D eigenvalue weighted by molar-refractivity contribution is 5.83. The van der Waals surface area contributed by atoms with Crippen molar-refractivity contribution in [2.75, 3.05) is 0 Å². The fourth-order valence-electron chi connectivity index (χ4n) is 4.58. The molecule has 2 unspecified atom stereocenters. The van der Waals surface area contributed by atoms with Crippen molar-refractivity contribution in [2.24, 2.45) is 5.92 Å². The average molecular weight is 337 g/mol. The second-order valence-corrected chi connectivity index (χ2v) is 7.48. The van der Waals surface area contributed by atoms with Crippen LogP contribution in [0.3, 0.4) is 0 Å². The minimum absolute atomic E-state index is 0.132. The Morgan fingerprint density at radius 1 is 0.960 bits per heavy atom. The van der Waals surface area contributed by atoms with Gasteiger partial charge in [-0.15, -0.1) is 0 Å². The van der Waals surface area contributed by atoms with Crippen LogP contribution in [0.4, 0.5) is 4.39 Å². The zero-order valence-electron chi connectivity index (χ0n) is 14.4. The predicted octanol–water partition coefficient (Wildman–Crippen LogP) is 4.38. The van der Waals surface area contributed by atoms with E-state index < -0.39 is 0 Å². The Labute approximate surface area is 148 Å². The fraction of sp³-hybridized carbons (Fsp3) is 0.409. The predicted molar refractivity (Wildman–Crippen MR) is 96.6 cm³/mol. The number of Topliss-reactive ketones (excluding diaryl/α,β-unsaturated/α-hetero) is 1. The van der Waals surface area contributed by atoms with Gasteiger partial charge in [-0.1, -0.05) is 42.5 Å². The Morgan fingerprint density at radius 3 is 2.32 bits per heavy atom. The average Bonchev–Trinajstić information content (AvgIpc) is 2.84. The van der Waals surface area contributed by atoms with Gasteiger partial charge >= 0.3 is 0 Å². The molecule has 2 heterocycles.